The molecule has 5 aromatic carbocycles. The predicted octanol–water partition coefficient (Wildman–Crippen LogP) is 10.0. The van der Waals surface area contributed by atoms with E-state index in [1.54, 1.807) is 0 Å². The minimum Gasteiger partial charge on any atom is -0.334 e. The molecule has 54 heavy (non-hydrogen) atoms. The lowest BCUT2D eigenvalue weighted by molar-refractivity contribution is -0.119. The summed E-state index contributed by atoms with van der Waals surface area (Å²) in [6, 6.07) is 33.0. The van der Waals surface area contributed by atoms with E-state index in [1.165, 1.54) is 16.7 Å². The zero-order valence-electron chi connectivity index (χ0n) is 31.1. The molecule has 0 atom stereocenters. The number of nitrogens with zero attached hydrogens (tertiary/aromatic N) is 1. The van der Waals surface area contributed by atoms with Crippen molar-refractivity contribution in [2.75, 3.05) is 23.7 Å². The topological polar surface area (TPSA) is 90.5 Å². The summed E-state index contributed by atoms with van der Waals surface area (Å²) >= 11 is 12.9. The standard InChI is InChI=1S/C26H25ClN2O2.C19H21ClN2O/c1-17(2)25(30)28-20-14-19-16-29(26(31)18-8-4-3-5-9-18)13-12-21(19)23(15-20)22-10-6-7-11-24(22)27;1-12(2)19(23)22-14-9-13-11-21-8-7-15(13)17(10-14)16-5-3-4-6-18(16)20/h3-11,14-15,17H,12-13,16H2,1-2H3,(H,28,30);3-6,9-10,12,21H,7-8,11H2,1-2H3,(H,22,23). The minimum atomic E-state index is -0.129. The Morgan fingerprint density at radius 1 is 0.630 bits per heavy atom. The fraction of sp³-hybridized carbons (Fsp3) is 0.267. The summed E-state index contributed by atoms with van der Waals surface area (Å²) in [5.74, 6) is -0.178. The summed E-state index contributed by atoms with van der Waals surface area (Å²) in [6.45, 7) is 10.4. The molecule has 2 aliphatic rings. The largest absolute Gasteiger partial charge is 0.334 e. The fourth-order valence-corrected chi connectivity index (χ4v) is 7.29. The van der Waals surface area contributed by atoms with Crippen LogP contribution >= 0.6 is 23.2 Å². The molecule has 0 saturated heterocycles. The van der Waals surface area contributed by atoms with Gasteiger partial charge in [0.05, 0.1) is 0 Å². The molecular weight excluding hydrogens is 715 g/mol. The molecule has 0 fully saturated rings. The minimum absolute atomic E-state index is 0.0159. The summed E-state index contributed by atoms with van der Waals surface area (Å²) < 4.78 is 0. The van der Waals surface area contributed by atoms with Crippen LogP contribution in [0.2, 0.25) is 10.0 Å². The Morgan fingerprint density at radius 2 is 1.13 bits per heavy atom. The van der Waals surface area contributed by atoms with Gasteiger partial charge in [-0.3, -0.25) is 14.4 Å². The van der Waals surface area contributed by atoms with Gasteiger partial charge in [0.15, 0.2) is 0 Å². The molecule has 3 N–H and O–H groups in total. The van der Waals surface area contributed by atoms with E-state index in [0.717, 1.165) is 70.1 Å². The lowest BCUT2D eigenvalue weighted by Gasteiger charge is -2.31. The number of hydrogen-bond donors (Lipinski definition) is 3. The quantitative estimate of drug-likeness (QED) is 0.154. The van der Waals surface area contributed by atoms with E-state index in [1.807, 2.05) is 130 Å². The maximum atomic E-state index is 13.0. The molecule has 0 aliphatic carbocycles. The van der Waals surface area contributed by atoms with E-state index >= 15 is 0 Å². The highest BCUT2D eigenvalue weighted by molar-refractivity contribution is 6.33. The van der Waals surface area contributed by atoms with Crippen molar-refractivity contribution in [2.24, 2.45) is 11.8 Å². The number of carbonyl (C=O) groups is 3. The number of nitrogens with one attached hydrogen (secondary N) is 3. The van der Waals surface area contributed by atoms with Gasteiger partial charge in [-0.15, -0.1) is 0 Å². The Hall–Kier alpha value is -4.95. The Kier molecular flexibility index (Phi) is 12.5. The summed E-state index contributed by atoms with van der Waals surface area (Å²) in [7, 11) is 0. The van der Waals surface area contributed by atoms with Crippen LogP contribution in [0.1, 0.15) is 60.3 Å². The third kappa shape index (κ3) is 9.04. The summed E-state index contributed by atoms with van der Waals surface area (Å²) in [5.41, 5.74) is 11.1. The van der Waals surface area contributed by atoms with Gasteiger partial charge in [-0.25, -0.2) is 0 Å². The van der Waals surface area contributed by atoms with E-state index in [0.29, 0.717) is 23.7 Å². The molecule has 278 valence electrons. The van der Waals surface area contributed by atoms with Crippen molar-refractivity contribution >= 4 is 52.3 Å². The van der Waals surface area contributed by atoms with E-state index in [-0.39, 0.29) is 29.6 Å². The lowest BCUT2D eigenvalue weighted by atomic mass is 9.89. The third-order valence-corrected chi connectivity index (χ3v) is 10.4. The molecule has 0 spiro atoms. The van der Waals surface area contributed by atoms with Crippen molar-refractivity contribution in [1.82, 2.24) is 10.2 Å². The number of amides is 3. The first-order valence-electron chi connectivity index (χ1n) is 18.5. The highest BCUT2D eigenvalue weighted by Crippen LogP contribution is 2.38. The zero-order chi connectivity index (χ0) is 38.4. The van der Waals surface area contributed by atoms with Crippen molar-refractivity contribution in [2.45, 2.75) is 53.6 Å². The van der Waals surface area contributed by atoms with Crippen LogP contribution in [0.5, 0.6) is 0 Å². The van der Waals surface area contributed by atoms with Crippen molar-refractivity contribution in [3.05, 3.63) is 141 Å². The van der Waals surface area contributed by atoms with Crippen molar-refractivity contribution in [3.63, 3.8) is 0 Å². The predicted molar refractivity (Wildman–Crippen MR) is 221 cm³/mol. The average Bonchev–Trinajstić information content (AvgIpc) is 3.17. The number of hydrogen-bond acceptors (Lipinski definition) is 4. The Morgan fingerprint density at radius 3 is 1.67 bits per heavy atom. The number of rotatable bonds is 7. The van der Waals surface area contributed by atoms with Gasteiger partial charge >= 0.3 is 0 Å². The van der Waals surface area contributed by atoms with Crippen LogP contribution in [0, 0.1) is 11.8 Å². The van der Waals surface area contributed by atoms with Gasteiger partial charge in [-0.1, -0.05) is 105 Å². The molecule has 5 aromatic rings. The molecule has 0 unspecified atom stereocenters. The van der Waals surface area contributed by atoms with E-state index < -0.39 is 0 Å². The second kappa shape index (κ2) is 17.5. The van der Waals surface area contributed by atoms with Gasteiger partial charge in [-0.2, -0.15) is 0 Å². The van der Waals surface area contributed by atoms with Crippen LogP contribution in [0.3, 0.4) is 0 Å². The maximum absolute atomic E-state index is 13.0. The van der Waals surface area contributed by atoms with Gasteiger partial charge in [-0.05, 0) is 101 Å². The average molecular weight is 762 g/mol. The molecule has 9 heteroatoms. The monoisotopic (exact) mass is 760 g/mol. The van der Waals surface area contributed by atoms with Crippen LogP contribution in [0.25, 0.3) is 22.3 Å². The maximum Gasteiger partial charge on any atom is 0.254 e. The van der Waals surface area contributed by atoms with Gasteiger partial charge in [0.1, 0.15) is 0 Å². The number of benzene rings is 5. The summed E-state index contributed by atoms with van der Waals surface area (Å²) in [4.78, 5) is 39.3. The van der Waals surface area contributed by atoms with Gasteiger partial charge in [0.25, 0.3) is 5.91 Å². The van der Waals surface area contributed by atoms with Crippen LogP contribution in [0.4, 0.5) is 11.4 Å². The van der Waals surface area contributed by atoms with Crippen LogP contribution in [-0.2, 0) is 35.5 Å². The number of carbonyl (C=O) groups excluding carboxylic acids is 3. The molecule has 0 saturated carbocycles. The van der Waals surface area contributed by atoms with Crippen LogP contribution in [-0.4, -0.2) is 35.7 Å². The second-order valence-corrected chi connectivity index (χ2v) is 15.2. The Labute approximate surface area is 328 Å². The third-order valence-electron chi connectivity index (χ3n) is 9.76. The van der Waals surface area contributed by atoms with Crippen molar-refractivity contribution in [3.8, 4) is 22.3 Å². The number of anilines is 2. The number of halogens is 2. The molecule has 0 aromatic heterocycles. The highest BCUT2D eigenvalue weighted by Gasteiger charge is 2.26. The first-order valence-corrected chi connectivity index (χ1v) is 19.2. The smallest absolute Gasteiger partial charge is 0.254 e. The zero-order valence-corrected chi connectivity index (χ0v) is 32.7. The molecule has 2 heterocycles. The first kappa shape index (κ1) is 38.8. The molecule has 0 radical (unpaired) electrons. The highest BCUT2D eigenvalue weighted by atomic mass is 35.5. The summed E-state index contributed by atoms with van der Waals surface area (Å²) in [6.07, 6.45) is 1.70. The van der Waals surface area contributed by atoms with Gasteiger partial charge in [0, 0.05) is 69.6 Å². The SMILES string of the molecule is CC(C)C(=O)Nc1cc2c(c(-c3ccccc3Cl)c1)CCN(C(=O)c1ccccc1)C2.CC(C)C(=O)Nc1cc2c(c(-c3ccccc3Cl)c1)CCNC2. The summed E-state index contributed by atoms with van der Waals surface area (Å²) in [5, 5.41) is 10.8. The molecule has 7 rings (SSSR count). The van der Waals surface area contributed by atoms with E-state index in [4.69, 9.17) is 23.2 Å². The number of fused-ring (bicyclic) bond motifs is 2. The second-order valence-electron chi connectivity index (χ2n) is 14.3. The fourth-order valence-electron chi connectivity index (χ4n) is 6.82. The normalized spacial score (nSPS) is 13.4. The molecule has 7 nitrogen and oxygen atoms in total. The van der Waals surface area contributed by atoms with Crippen LogP contribution < -0.4 is 16.0 Å². The molecular formula is C45H46Cl2N4O3. The van der Waals surface area contributed by atoms with Crippen molar-refractivity contribution < 1.29 is 14.4 Å². The molecule has 0 bridgehead atoms. The molecule has 3 amide bonds. The lowest BCUT2D eigenvalue weighted by Crippen LogP contribution is -2.36. The van der Waals surface area contributed by atoms with Gasteiger partial charge < -0.3 is 20.9 Å². The van der Waals surface area contributed by atoms with Crippen molar-refractivity contribution in [1.29, 1.82) is 0 Å². The Balaban J connectivity index is 0.000000193. The van der Waals surface area contributed by atoms with Gasteiger partial charge in [0.2, 0.25) is 11.8 Å². The Bertz CT molecular complexity index is 2170. The molecule has 2 aliphatic heterocycles. The first-order chi connectivity index (χ1) is 26.0. The van der Waals surface area contributed by atoms with E-state index in [9.17, 15) is 14.4 Å². The van der Waals surface area contributed by atoms with Crippen LogP contribution in [0.15, 0.2) is 103 Å². The van der Waals surface area contributed by atoms with E-state index in [2.05, 4.69) is 22.0 Å².